The average Bonchev–Trinajstić information content (AvgIpc) is 3.45. The number of nitrogens with zero attached hydrogens (tertiary/aromatic N) is 4. The van der Waals surface area contributed by atoms with Crippen molar-refractivity contribution in [1.82, 2.24) is 19.9 Å². The maximum absolute atomic E-state index is 12.6. The summed E-state index contributed by atoms with van der Waals surface area (Å²) in [6.07, 6.45) is 0.706. The van der Waals surface area contributed by atoms with E-state index in [2.05, 4.69) is 10.3 Å². The van der Waals surface area contributed by atoms with Crippen LogP contribution in [0.2, 0.25) is 0 Å². The number of aromatic nitrogens is 3. The lowest BCUT2D eigenvalue weighted by Gasteiger charge is -2.14. The summed E-state index contributed by atoms with van der Waals surface area (Å²) in [5.74, 6) is -0.885. The van der Waals surface area contributed by atoms with E-state index in [0.29, 0.717) is 28.9 Å². The van der Waals surface area contributed by atoms with Crippen LogP contribution in [0.25, 0.3) is 0 Å². The molecule has 0 spiro atoms. The van der Waals surface area contributed by atoms with Crippen LogP contribution in [0.15, 0.2) is 40.8 Å². The number of esters is 1. The predicted molar refractivity (Wildman–Crippen MR) is 100 cm³/mol. The van der Waals surface area contributed by atoms with Crippen molar-refractivity contribution in [2.75, 3.05) is 13.7 Å². The molecular weight excluding hydrogens is 392 g/mol. The van der Waals surface area contributed by atoms with E-state index in [1.165, 1.54) is 17.9 Å². The van der Waals surface area contributed by atoms with Gasteiger partial charge in [-0.25, -0.2) is 9.48 Å². The van der Waals surface area contributed by atoms with Crippen molar-refractivity contribution in [3.05, 3.63) is 70.4 Å². The molecule has 30 heavy (non-hydrogen) atoms. The Bertz CT molecular complexity index is 1130. The van der Waals surface area contributed by atoms with Crippen LogP contribution in [0.1, 0.15) is 53.2 Å². The van der Waals surface area contributed by atoms with Gasteiger partial charge in [-0.2, -0.15) is 0 Å². The molecule has 0 fully saturated rings. The molecule has 152 valence electrons. The van der Waals surface area contributed by atoms with Crippen molar-refractivity contribution >= 4 is 24.1 Å². The monoisotopic (exact) mass is 408 g/mol. The van der Waals surface area contributed by atoms with Crippen molar-refractivity contribution in [2.24, 2.45) is 0 Å². The van der Waals surface area contributed by atoms with Gasteiger partial charge in [0.25, 0.3) is 11.8 Å². The molecule has 1 aliphatic heterocycles. The zero-order valence-corrected chi connectivity index (χ0v) is 15.9. The molecule has 1 aromatic carbocycles. The molecule has 0 bridgehead atoms. The maximum atomic E-state index is 12.6. The average molecular weight is 408 g/mol. The molecule has 0 unspecified atom stereocenters. The molecule has 3 heterocycles. The Morgan fingerprint density at radius 3 is 2.43 bits per heavy atom. The van der Waals surface area contributed by atoms with Crippen molar-refractivity contribution < 1.29 is 28.3 Å². The van der Waals surface area contributed by atoms with Crippen LogP contribution in [-0.2, 0) is 17.7 Å². The number of hydrogen-bond acceptors (Lipinski definition) is 8. The van der Waals surface area contributed by atoms with Gasteiger partial charge in [0.15, 0.2) is 17.7 Å². The second-order valence-electron chi connectivity index (χ2n) is 6.51. The van der Waals surface area contributed by atoms with Crippen LogP contribution in [-0.4, -0.2) is 57.6 Å². The van der Waals surface area contributed by atoms with Crippen LogP contribution in [0, 0.1) is 0 Å². The second kappa shape index (κ2) is 7.74. The molecule has 4 rings (SSSR count). The number of aldehydes is 1. The van der Waals surface area contributed by atoms with Crippen LogP contribution in [0.3, 0.4) is 0 Å². The molecular formula is C20H16N4O6. The number of fused-ring (bicyclic) bond motifs is 1. The summed E-state index contributed by atoms with van der Waals surface area (Å²) < 4.78 is 11.5. The molecule has 0 saturated carbocycles. The van der Waals surface area contributed by atoms with E-state index in [-0.39, 0.29) is 31.0 Å². The normalized spacial score (nSPS) is 12.9. The van der Waals surface area contributed by atoms with Gasteiger partial charge in [0, 0.05) is 13.0 Å². The first kappa shape index (κ1) is 19.2. The van der Waals surface area contributed by atoms with E-state index in [4.69, 9.17) is 9.15 Å². The number of benzene rings is 1. The summed E-state index contributed by atoms with van der Waals surface area (Å²) in [5, 5.41) is 7.84. The highest BCUT2D eigenvalue weighted by atomic mass is 16.5. The lowest BCUT2D eigenvalue weighted by atomic mass is 10.1. The summed E-state index contributed by atoms with van der Waals surface area (Å²) >= 11 is 0. The number of methoxy groups -OCH3 is 1. The third-order valence-corrected chi connectivity index (χ3v) is 4.77. The maximum Gasteiger partial charge on any atom is 0.360 e. The van der Waals surface area contributed by atoms with Crippen molar-refractivity contribution in [3.8, 4) is 0 Å². The first-order valence-electron chi connectivity index (χ1n) is 9.03. The Labute approximate surface area is 170 Å². The highest BCUT2D eigenvalue weighted by Gasteiger charge is 2.35. The Morgan fingerprint density at radius 2 is 1.83 bits per heavy atom. The first-order chi connectivity index (χ1) is 14.5. The van der Waals surface area contributed by atoms with Gasteiger partial charge in [-0.05, 0) is 24.3 Å². The third-order valence-electron chi connectivity index (χ3n) is 4.77. The van der Waals surface area contributed by atoms with Crippen LogP contribution >= 0.6 is 0 Å². The van der Waals surface area contributed by atoms with Gasteiger partial charge >= 0.3 is 5.97 Å². The molecule has 0 saturated heterocycles. The molecule has 10 heteroatoms. The van der Waals surface area contributed by atoms with Gasteiger partial charge in [-0.15, -0.1) is 5.10 Å². The summed E-state index contributed by atoms with van der Waals surface area (Å²) in [5.41, 5.74) is 1.05. The van der Waals surface area contributed by atoms with Gasteiger partial charge in [0.1, 0.15) is 12.3 Å². The number of carbonyl (C=O) groups is 4. The van der Waals surface area contributed by atoms with E-state index in [0.717, 1.165) is 4.90 Å². The number of carbonyl (C=O) groups excluding carboxylic acids is 4. The number of rotatable bonds is 7. The fraction of sp³-hybridized carbons (Fsp3) is 0.200. The summed E-state index contributed by atoms with van der Waals surface area (Å²) in [6.45, 7) is 0.136. The van der Waals surface area contributed by atoms with E-state index >= 15 is 0 Å². The smallest absolute Gasteiger partial charge is 0.360 e. The van der Waals surface area contributed by atoms with Crippen LogP contribution in [0.4, 0.5) is 0 Å². The van der Waals surface area contributed by atoms with Crippen molar-refractivity contribution in [1.29, 1.82) is 0 Å². The SMILES string of the molecule is COC(=O)c1nnn(Cc2ccc(C=O)o2)c1CCN1C(=O)c2ccccc2C1=O. The zero-order valence-electron chi connectivity index (χ0n) is 15.9. The quantitative estimate of drug-likeness (QED) is 0.326. The minimum atomic E-state index is -0.688. The highest BCUT2D eigenvalue weighted by molar-refractivity contribution is 6.21. The number of ether oxygens (including phenoxy) is 1. The van der Waals surface area contributed by atoms with Gasteiger partial charge in [0.2, 0.25) is 0 Å². The molecule has 1 aliphatic rings. The highest BCUT2D eigenvalue weighted by Crippen LogP contribution is 2.23. The summed E-state index contributed by atoms with van der Waals surface area (Å²) in [6, 6.07) is 9.71. The minimum Gasteiger partial charge on any atom is -0.464 e. The number of furan rings is 1. The molecule has 0 aliphatic carbocycles. The van der Waals surface area contributed by atoms with Crippen molar-refractivity contribution in [3.63, 3.8) is 0 Å². The predicted octanol–water partition coefficient (Wildman–Crippen LogP) is 1.36. The molecule has 3 aromatic rings. The van der Waals surface area contributed by atoms with E-state index < -0.39 is 17.8 Å². The van der Waals surface area contributed by atoms with Gasteiger partial charge < -0.3 is 9.15 Å². The molecule has 0 atom stereocenters. The summed E-state index contributed by atoms with van der Waals surface area (Å²) in [4.78, 5) is 49.2. The zero-order chi connectivity index (χ0) is 21.3. The molecule has 10 nitrogen and oxygen atoms in total. The first-order valence-corrected chi connectivity index (χ1v) is 9.03. The lowest BCUT2D eigenvalue weighted by Crippen LogP contribution is -2.32. The molecule has 0 radical (unpaired) electrons. The fourth-order valence-electron chi connectivity index (χ4n) is 3.31. The van der Waals surface area contributed by atoms with Crippen LogP contribution in [0.5, 0.6) is 0 Å². The van der Waals surface area contributed by atoms with Crippen LogP contribution < -0.4 is 0 Å². The lowest BCUT2D eigenvalue weighted by molar-refractivity contribution is 0.0592. The minimum absolute atomic E-state index is 0.0173. The fourth-order valence-corrected chi connectivity index (χ4v) is 3.31. The number of amides is 2. The van der Waals surface area contributed by atoms with Gasteiger partial charge in [-0.1, -0.05) is 17.3 Å². The Morgan fingerprint density at radius 1 is 1.13 bits per heavy atom. The Hall–Kier alpha value is -4.08. The summed E-state index contributed by atoms with van der Waals surface area (Å²) in [7, 11) is 1.22. The third kappa shape index (κ3) is 3.28. The number of hydrogen-bond donors (Lipinski definition) is 0. The largest absolute Gasteiger partial charge is 0.464 e. The van der Waals surface area contributed by atoms with E-state index in [1.54, 1.807) is 30.3 Å². The Balaban J connectivity index is 1.59. The standard InChI is InChI=1S/C20H16N4O6/c1-29-20(28)17-16(24(22-21-17)10-12-6-7-13(11-25)30-12)8-9-23-18(26)14-4-2-3-5-15(14)19(23)27/h2-7,11H,8-10H2,1H3. The van der Waals surface area contributed by atoms with Gasteiger partial charge in [0.05, 0.1) is 23.9 Å². The molecule has 2 amide bonds. The van der Waals surface area contributed by atoms with E-state index in [9.17, 15) is 19.2 Å². The topological polar surface area (TPSA) is 125 Å². The second-order valence-corrected chi connectivity index (χ2v) is 6.51. The number of imide groups is 1. The molecule has 2 aromatic heterocycles. The van der Waals surface area contributed by atoms with Crippen molar-refractivity contribution in [2.45, 2.75) is 13.0 Å². The molecule has 0 N–H and O–H groups in total. The van der Waals surface area contributed by atoms with Gasteiger partial charge in [-0.3, -0.25) is 19.3 Å². The van der Waals surface area contributed by atoms with E-state index in [1.807, 2.05) is 0 Å². The Kier molecular flexibility index (Phi) is 4.97.